The number of unbranched alkanes of at least 4 members (excludes halogenated alkanes) is 1. The molecule has 1 aromatic heterocycles. The minimum absolute atomic E-state index is 0.105. The second-order valence-corrected chi connectivity index (χ2v) is 6.36. The summed E-state index contributed by atoms with van der Waals surface area (Å²) in [5.41, 5.74) is 7.04. The first-order valence-electron chi connectivity index (χ1n) is 9.04. The van der Waals surface area contributed by atoms with E-state index in [2.05, 4.69) is 25.9 Å². The highest BCUT2D eigenvalue weighted by molar-refractivity contribution is 5.97. The van der Waals surface area contributed by atoms with Gasteiger partial charge in [-0.15, -0.1) is 0 Å². The van der Waals surface area contributed by atoms with Crippen molar-refractivity contribution in [1.82, 2.24) is 9.97 Å². The van der Waals surface area contributed by atoms with Crippen LogP contribution in [0.25, 0.3) is 0 Å². The Labute approximate surface area is 162 Å². The van der Waals surface area contributed by atoms with Gasteiger partial charge in [-0.25, -0.2) is 4.98 Å². The Morgan fingerprint density at radius 3 is 3.04 bits per heavy atom. The lowest BCUT2D eigenvalue weighted by Gasteiger charge is -2.13. The maximum atomic E-state index is 11.6. The number of carbonyl (C=O) groups excluding carboxylic acids is 1. The summed E-state index contributed by atoms with van der Waals surface area (Å²) in [4.78, 5) is 20.1. The van der Waals surface area contributed by atoms with Gasteiger partial charge in [0.05, 0.1) is 11.3 Å². The maximum Gasteiger partial charge on any atom is 0.254 e. The van der Waals surface area contributed by atoms with Crippen LogP contribution in [0.3, 0.4) is 0 Å². The number of nitrogens with zero attached hydrogens (tertiary/aromatic N) is 2. The Morgan fingerprint density at radius 2 is 2.25 bits per heavy atom. The van der Waals surface area contributed by atoms with Gasteiger partial charge in [0.2, 0.25) is 5.95 Å². The Kier molecular flexibility index (Phi) is 6.45. The van der Waals surface area contributed by atoms with E-state index in [9.17, 15) is 9.90 Å². The van der Waals surface area contributed by atoms with Crippen LogP contribution in [0.2, 0.25) is 0 Å². The largest absolute Gasteiger partial charge is 0.489 e. The third-order valence-electron chi connectivity index (χ3n) is 4.13. The van der Waals surface area contributed by atoms with Gasteiger partial charge >= 0.3 is 0 Å². The van der Waals surface area contributed by atoms with Gasteiger partial charge in [0, 0.05) is 31.6 Å². The number of hydrogen-bond donors (Lipinski definition) is 6. The van der Waals surface area contributed by atoms with Gasteiger partial charge in [-0.2, -0.15) is 4.98 Å². The second-order valence-electron chi connectivity index (χ2n) is 6.36. The van der Waals surface area contributed by atoms with E-state index in [1.165, 1.54) is 6.20 Å². The zero-order chi connectivity index (χ0) is 19.9. The molecular formula is C18H24N6O4. The van der Waals surface area contributed by atoms with Crippen molar-refractivity contribution in [3.63, 3.8) is 0 Å². The highest BCUT2D eigenvalue weighted by Crippen LogP contribution is 2.30. The first-order valence-corrected chi connectivity index (χ1v) is 9.04. The van der Waals surface area contributed by atoms with Crippen molar-refractivity contribution in [1.29, 1.82) is 0 Å². The van der Waals surface area contributed by atoms with E-state index in [1.807, 2.05) is 6.07 Å². The van der Waals surface area contributed by atoms with Crippen molar-refractivity contribution in [3.05, 3.63) is 30.0 Å². The molecule has 1 amide bonds. The molecule has 0 bridgehead atoms. The molecule has 0 aliphatic carbocycles. The van der Waals surface area contributed by atoms with Gasteiger partial charge in [0.25, 0.3) is 5.91 Å². The number of primary amides is 1. The molecule has 1 aromatic carbocycles. The fraction of sp³-hybridized carbons (Fsp3) is 0.389. The summed E-state index contributed by atoms with van der Waals surface area (Å²) < 4.78 is 5.54. The number of amides is 1. The van der Waals surface area contributed by atoms with Gasteiger partial charge in [0.15, 0.2) is 0 Å². The quantitative estimate of drug-likeness (QED) is 0.358. The number of aliphatic hydroxyl groups excluding tert-OH is 2. The summed E-state index contributed by atoms with van der Waals surface area (Å²) in [5, 5.41) is 27.8. The third kappa shape index (κ3) is 4.99. The second kappa shape index (κ2) is 9.20. The topological polar surface area (TPSA) is 155 Å². The van der Waals surface area contributed by atoms with Crippen LogP contribution >= 0.6 is 0 Å². The fourth-order valence-corrected chi connectivity index (χ4v) is 2.67. The monoisotopic (exact) mass is 388 g/mol. The number of nitrogens with one attached hydrogen (secondary N) is 3. The molecule has 2 heterocycles. The number of anilines is 4. The normalized spacial score (nSPS) is 15.6. The first-order chi connectivity index (χ1) is 13.6. The summed E-state index contributed by atoms with van der Waals surface area (Å²) in [6.07, 6.45) is 2.17. The van der Waals surface area contributed by atoms with E-state index in [0.717, 1.165) is 12.1 Å². The number of carbonyl (C=O) groups is 1. The Hall–Kier alpha value is -3.11. The van der Waals surface area contributed by atoms with Crippen LogP contribution in [0, 0.1) is 0 Å². The van der Waals surface area contributed by atoms with Gasteiger partial charge in [-0.3, -0.25) is 4.79 Å². The molecule has 3 rings (SSSR count). The van der Waals surface area contributed by atoms with Crippen LogP contribution in [0.5, 0.6) is 5.75 Å². The van der Waals surface area contributed by atoms with Gasteiger partial charge in [-0.1, -0.05) is 0 Å². The SMILES string of the molecule is NC(=O)c1cnc(Nc2ccc3c(c2)NC[C@H](O)CO3)nc1NCCCCO. The molecule has 0 unspecified atom stereocenters. The molecule has 2 aromatic rings. The van der Waals surface area contributed by atoms with Crippen molar-refractivity contribution < 1.29 is 19.7 Å². The summed E-state index contributed by atoms with van der Waals surface area (Å²) in [6, 6.07) is 5.42. The van der Waals surface area contributed by atoms with Gasteiger partial charge in [-0.05, 0) is 31.0 Å². The highest BCUT2D eigenvalue weighted by Gasteiger charge is 2.16. The van der Waals surface area contributed by atoms with Crippen molar-refractivity contribution in [3.8, 4) is 5.75 Å². The van der Waals surface area contributed by atoms with Crippen molar-refractivity contribution >= 4 is 29.0 Å². The number of aromatic nitrogens is 2. The molecule has 10 heteroatoms. The van der Waals surface area contributed by atoms with Crippen molar-refractivity contribution in [2.45, 2.75) is 18.9 Å². The summed E-state index contributed by atoms with van der Waals surface area (Å²) in [5.74, 6) is 0.658. The van der Waals surface area contributed by atoms with E-state index in [4.69, 9.17) is 15.6 Å². The molecule has 1 aliphatic rings. The molecule has 0 fully saturated rings. The van der Waals surface area contributed by atoms with Crippen LogP contribution < -0.4 is 26.4 Å². The number of rotatable bonds is 8. The minimum Gasteiger partial charge on any atom is -0.489 e. The molecule has 0 radical (unpaired) electrons. The highest BCUT2D eigenvalue weighted by atomic mass is 16.5. The van der Waals surface area contributed by atoms with E-state index >= 15 is 0 Å². The number of hydrogen-bond acceptors (Lipinski definition) is 9. The molecule has 10 nitrogen and oxygen atoms in total. The van der Waals surface area contributed by atoms with Crippen molar-refractivity contribution in [2.75, 3.05) is 42.3 Å². The lowest BCUT2D eigenvalue weighted by molar-refractivity contribution is 0.100. The standard InChI is InChI=1S/C18H24N6O4/c19-16(27)13-9-22-18(24-17(13)20-5-1-2-6-25)23-11-3-4-15-14(7-11)21-8-12(26)10-28-15/h3-4,7,9,12,21,25-26H,1-2,5-6,8,10H2,(H2,19,27)(H2,20,22,23,24)/t12-/m0/s1. The van der Waals surface area contributed by atoms with Crippen molar-refractivity contribution in [2.24, 2.45) is 5.73 Å². The molecule has 7 N–H and O–H groups in total. The number of fused-ring (bicyclic) bond motifs is 1. The Bertz CT molecular complexity index is 832. The molecule has 0 saturated carbocycles. The predicted molar refractivity (Wildman–Crippen MR) is 105 cm³/mol. The number of ether oxygens (including phenoxy) is 1. The molecular weight excluding hydrogens is 364 g/mol. The molecule has 150 valence electrons. The van der Waals surface area contributed by atoms with Crippen LogP contribution in [0.15, 0.2) is 24.4 Å². The van der Waals surface area contributed by atoms with E-state index < -0.39 is 12.0 Å². The Morgan fingerprint density at radius 1 is 1.39 bits per heavy atom. The van der Waals surface area contributed by atoms with E-state index in [0.29, 0.717) is 42.7 Å². The number of benzene rings is 1. The fourth-order valence-electron chi connectivity index (χ4n) is 2.67. The average Bonchev–Trinajstić information content (AvgIpc) is 2.87. The van der Waals surface area contributed by atoms with Crippen LogP contribution in [-0.2, 0) is 0 Å². The molecule has 28 heavy (non-hydrogen) atoms. The number of β-amino-alcohol motifs (C(OH)–C–C–N with tert-alkyl or cyclic N) is 1. The van der Waals surface area contributed by atoms with Crippen LogP contribution in [0.1, 0.15) is 23.2 Å². The van der Waals surface area contributed by atoms with E-state index in [1.54, 1.807) is 12.1 Å². The summed E-state index contributed by atoms with van der Waals surface area (Å²) >= 11 is 0. The predicted octanol–water partition coefficient (Wildman–Crippen LogP) is 0.669. The maximum absolute atomic E-state index is 11.6. The zero-order valence-corrected chi connectivity index (χ0v) is 15.3. The van der Waals surface area contributed by atoms with Gasteiger partial charge in [0.1, 0.15) is 24.3 Å². The third-order valence-corrected chi connectivity index (χ3v) is 4.13. The zero-order valence-electron chi connectivity index (χ0n) is 15.3. The minimum atomic E-state index is -0.624. The lowest BCUT2D eigenvalue weighted by atomic mass is 10.2. The molecule has 0 saturated heterocycles. The van der Waals surface area contributed by atoms with Gasteiger partial charge < -0.3 is 36.6 Å². The molecule has 0 spiro atoms. The number of nitrogens with two attached hydrogens (primary N) is 1. The number of aliphatic hydroxyl groups is 2. The smallest absolute Gasteiger partial charge is 0.254 e. The van der Waals surface area contributed by atoms with E-state index in [-0.39, 0.29) is 18.8 Å². The lowest BCUT2D eigenvalue weighted by Crippen LogP contribution is -2.23. The average molecular weight is 388 g/mol. The van der Waals surface area contributed by atoms with Crippen LogP contribution in [-0.4, -0.2) is 58.5 Å². The summed E-state index contributed by atoms with van der Waals surface area (Å²) in [6.45, 7) is 1.27. The molecule has 1 aliphatic heterocycles. The Balaban J connectivity index is 1.75. The van der Waals surface area contributed by atoms with Crippen LogP contribution in [0.4, 0.5) is 23.1 Å². The first kappa shape index (κ1) is 19.6. The summed E-state index contributed by atoms with van der Waals surface area (Å²) in [7, 11) is 0. The molecule has 1 atom stereocenters.